The number of benzene rings is 1. The summed E-state index contributed by atoms with van der Waals surface area (Å²) in [5.74, 6) is -1.17. The van der Waals surface area contributed by atoms with Gasteiger partial charge in [0, 0.05) is 16.9 Å². The number of hydrogen-bond donors (Lipinski definition) is 1. The Morgan fingerprint density at radius 3 is 2.75 bits per heavy atom. The van der Waals surface area contributed by atoms with Crippen molar-refractivity contribution in [2.24, 2.45) is 0 Å². The van der Waals surface area contributed by atoms with E-state index in [1.165, 1.54) is 19.2 Å². The van der Waals surface area contributed by atoms with Gasteiger partial charge in [-0.3, -0.25) is 4.79 Å². The molecule has 2 aromatic rings. The maximum atomic E-state index is 13.2. The Morgan fingerprint density at radius 2 is 2.04 bits per heavy atom. The van der Waals surface area contributed by atoms with Gasteiger partial charge in [0.1, 0.15) is 0 Å². The zero-order chi connectivity index (χ0) is 20.3. The maximum Gasteiger partial charge on any atom is 0.433 e. The molecule has 0 spiro atoms. The van der Waals surface area contributed by atoms with Crippen molar-refractivity contribution in [3.8, 4) is 0 Å². The molecule has 1 aliphatic rings. The number of halogens is 3. The molecular weight excluding hydrogens is 395 g/mol. The monoisotopic (exact) mass is 411 g/mol. The van der Waals surface area contributed by atoms with Gasteiger partial charge in [-0.2, -0.15) is 13.2 Å². The van der Waals surface area contributed by atoms with Gasteiger partial charge in [-0.05, 0) is 37.5 Å². The highest BCUT2D eigenvalue weighted by Gasteiger charge is 2.38. The minimum absolute atomic E-state index is 0.0774. The molecule has 1 aromatic heterocycles. The molecule has 6 nitrogen and oxygen atoms in total. The van der Waals surface area contributed by atoms with E-state index in [9.17, 15) is 22.8 Å². The molecule has 148 valence electrons. The van der Waals surface area contributed by atoms with Crippen molar-refractivity contribution in [1.82, 2.24) is 9.97 Å². The van der Waals surface area contributed by atoms with E-state index in [2.05, 4.69) is 20.0 Å². The first-order valence-corrected chi connectivity index (χ1v) is 9.34. The number of fused-ring (bicyclic) bond motifs is 1. The van der Waals surface area contributed by atoms with Gasteiger partial charge in [-0.25, -0.2) is 14.8 Å². The van der Waals surface area contributed by atoms with Crippen LogP contribution >= 0.6 is 11.8 Å². The average molecular weight is 411 g/mol. The second-order valence-electron chi connectivity index (χ2n) is 6.04. The van der Waals surface area contributed by atoms with Crippen LogP contribution in [0.25, 0.3) is 0 Å². The van der Waals surface area contributed by atoms with Crippen molar-refractivity contribution in [2.45, 2.75) is 30.6 Å². The van der Waals surface area contributed by atoms with Crippen LogP contribution in [0, 0.1) is 0 Å². The molecule has 10 heteroatoms. The fourth-order valence-electron chi connectivity index (χ4n) is 2.88. The number of nitrogens with zero attached hydrogens (tertiary/aromatic N) is 2. The summed E-state index contributed by atoms with van der Waals surface area (Å²) in [5, 5.41) is 2.51. The number of esters is 1. The summed E-state index contributed by atoms with van der Waals surface area (Å²) in [5.41, 5.74) is 0.282. The average Bonchev–Trinajstić information content (AvgIpc) is 3.13. The second kappa shape index (κ2) is 8.17. The van der Waals surface area contributed by atoms with Crippen LogP contribution in [0.1, 0.15) is 33.7 Å². The van der Waals surface area contributed by atoms with Gasteiger partial charge < -0.3 is 10.1 Å². The lowest BCUT2D eigenvalue weighted by molar-refractivity contribution is -0.142. The lowest BCUT2D eigenvalue weighted by atomic mass is 10.2. The van der Waals surface area contributed by atoms with Gasteiger partial charge in [-0.1, -0.05) is 17.8 Å². The Morgan fingerprint density at radius 1 is 1.25 bits per heavy atom. The zero-order valence-corrected chi connectivity index (χ0v) is 15.6. The van der Waals surface area contributed by atoms with Gasteiger partial charge in [0.25, 0.3) is 0 Å². The van der Waals surface area contributed by atoms with Crippen molar-refractivity contribution in [3.63, 3.8) is 0 Å². The number of rotatable bonds is 5. The first kappa shape index (κ1) is 20.1. The number of aromatic nitrogens is 2. The van der Waals surface area contributed by atoms with E-state index in [-0.39, 0.29) is 22.0 Å². The Balaban J connectivity index is 1.68. The van der Waals surface area contributed by atoms with Crippen LogP contribution in [0.4, 0.5) is 18.9 Å². The smallest absolute Gasteiger partial charge is 0.433 e. The molecule has 0 unspecified atom stereocenters. The molecule has 1 amide bonds. The highest BCUT2D eigenvalue weighted by molar-refractivity contribution is 7.99. The number of nitrogens with one attached hydrogen (secondary N) is 1. The number of amides is 1. The van der Waals surface area contributed by atoms with Gasteiger partial charge in [0.2, 0.25) is 5.91 Å². The van der Waals surface area contributed by atoms with Crippen molar-refractivity contribution in [3.05, 3.63) is 46.8 Å². The summed E-state index contributed by atoms with van der Waals surface area (Å²) in [6, 6.07) is 6.15. The normalized spacial score (nSPS) is 13.1. The number of carbonyl (C=O) groups is 2. The predicted molar refractivity (Wildman–Crippen MR) is 96.2 cm³/mol. The van der Waals surface area contributed by atoms with Crippen LogP contribution in [-0.2, 0) is 28.5 Å². The number of ether oxygens (including phenoxy) is 1. The molecule has 1 aromatic carbocycles. The lowest BCUT2D eigenvalue weighted by Gasteiger charge is -2.12. The summed E-state index contributed by atoms with van der Waals surface area (Å²) in [7, 11) is 1.25. The SMILES string of the molecule is COC(=O)c1cccc(NC(=O)CSc2nc3c(c(C(F)(F)F)n2)CCC3)c1. The molecule has 1 heterocycles. The molecule has 1 N–H and O–H groups in total. The number of carbonyl (C=O) groups excluding carboxylic acids is 2. The van der Waals surface area contributed by atoms with Gasteiger partial charge in [-0.15, -0.1) is 0 Å². The quantitative estimate of drug-likeness (QED) is 0.461. The van der Waals surface area contributed by atoms with Crippen LogP contribution in [0.15, 0.2) is 29.4 Å². The van der Waals surface area contributed by atoms with E-state index in [0.29, 0.717) is 30.6 Å². The third-order valence-corrected chi connectivity index (χ3v) is 4.93. The summed E-state index contributed by atoms with van der Waals surface area (Å²) in [6.07, 6.45) is -3.16. The molecule has 0 saturated heterocycles. The van der Waals surface area contributed by atoms with E-state index in [4.69, 9.17) is 0 Å². The fraction of sp³-hybridized carbons (Fsp3) is 0.333. The van der Waals surface area contributed by atoms with Crippen molar-refractivity contribution in [2.75, 3.05) is 18.2 Å². The largest absolute Gasteiger partial charge is 0.465 e. The van der Waals surface area contributed by atoms with Crippen molar-refractivity contribution < 1.29 is 27.5 Å². The fourth-order valence-corrected chi connectivity index (χ4v) is 3.54. The van der Waals surface area contributed by atoms with Crippen LogP contribution in [0.3, 0.4) is 0 Å². The molecule has 0 aliphatic heterocycles. The second-order valence-corrected chi connectivity index (χ2v) is 6.98. The highest BCUT2D eigenvalue weighted by atomic mass is 32.2. The van der Waals surface area contributed by atoms with Gasteiger partial charge in [0.05, 0.1) is 18.4 Å². The first-order valence-electron chi connectivity index (χ1n) is 8.36. The number of alkyl halides is 3. The van der Waals surface area contributed by atoms with E-state index in [1.54, 1.807) is 12.1 Å². The van der Waals surface area contributed by atoms with E-state index >= 15 is 0 Å². The minimum Gasteiger partial charge on any atom is -0.465 e. The van der Waals surface area contributed by atoms with Gasteiger partial charge >= 0.3 is 12.1 Å². The Hall–Kier alpha value is -2.62. The Kier molecular flexibility index (Phi) is 5.87. The maximum absolute atomic E-state index is 13.2. The molecule has 0 saturated carbocycles. The summed E-state index contributed by atoms with van der Waals surface area (Å²) >= 11 is 0.833. The van der Waals surface area contributed by atoms with Crippen molar-refractivity contribution in [1.29, 1.82) is 0 Å². The first-order chi connectivity index (χ1) is 13.3. The Labute approximate surface area is 162 Å². The lowest BCUT2D eigenvalue weighted by Crippen LogP contribution is -2.17. The number of methoxy groups -OCH3 is 1. The molecule has 0 fully saturated rings. The minimum atomic E-state index is -4.55. The molecule has 1 aliphatic carbocycles. The number of aryl methyl sites for hydroxylation is 1. The van der Waals surface area contributed by atoms with Crippen molar-refractivity contribution >= 4 is 29.3 Å². The number of anilines is 1. The standard InChI is InChI=1S/C18H16F3N3O3S/c1-27-16(26)10-4-2-5-11(8-10)22-14(25)9-28-17-23-13-7-3-6-12(13)15(24-17)18(19,20)21/h2,4-5,8H,3,6-7,9H2,1H3,(H,22,25). The number of thioether (sulfide) groups is 1. The predicted octanol–water partition coefficient (Wildman–Crippen LogP) is 3.50. The zero-order valence-electron chi connectivity index (χ0n) is 14.8. The van der Waals surface area contributed by atoms with Crippen LogP contribution < -0.4 is 5.32 Å². The number of hydrogen-bond acceptors (Lipinski definition) is 6. The summed E-state index contributed by atoms with van der Waals surface area (Å²) < 4.78 is 44.3. The molecule has 0 radical (unpaired) electrons. The van der Waals surface area contributed by atoms with Crippen LogP contribution in [0.2, 0.25) is 0 Å². The van der Waals surface area contributed by atoms with Crippen LogP contribution in [-0.4, -0.2) is 34.7 Å². The third-order valence-electron chi connectivity index (χ3n) is 4.08. The third kappa shape index (κ3) is 4.61. The van der Waals surface area contributed by atoms with E-state index < -0.39 is 23.7 Å². The van der Waals surface area contributed by atoms with E-state index in [1.807, 2.05) is 0 Å². The Bertz CT molecular complexity index is 919. The van der Waals surface area contributed by atoms with Gasteiger partial charge in [0.15, 0.2) is 10.9 Å². The van der Waals surface area contributed by atoms with Crippen LogP contribution in [0.5, 0.6) is 0 Å². The molecule has 3 rings (SSSR count). The summed E-state index contributed by atoms with van der Waals surface area (Å²) in [4.78, 5) is 31.4. The topological polar surface area (TPSA) is 81.2 Å². The molecule has 28 heavy (non-hydrogen) atoms. The molecular formula is C18H16F3N3O3S. The van der Waals surface area contributed by atoms with E-state index in [0.717, 1.165) is 11.8 Å². The summed E-state index contributed by atoms with van der Waals surface area (Å²) in [6.45, 7) is 0. The molecule has 0 atom stereocenters. The highest BCUT2D eigenvalue weighted by Crippen LogP contribution is 2.36. The molecule has 0 bridgehead atoms.